The largest absolute Gasteiger partial charge is 0.493 e. The Morgan fingerprint density at radius 1 is 1.22 bits per heavy atom. The van der Waals surface area contributed by atoms with Crippen molar-refractivity contribution >= 4 is 56.5 Å². The van der Waals surface area contributed by atoms with Gasteiger partial charge in [0, 0.05) is 4.47 Å². The predicted octanol–water partition coefficient (Wildman–Crippen LogP) is 5.31. The first kappa shape index (κ1) is 23.9. The van der Waals surface area contributed by atoms with Crippen molar-refractivity contribution in [1.82, 2.24) is 4.90 Å². The molecular weight excluding hydrogens is 496 g/mol. The van der Waals surface area contributed by atoms with Gasteiger partial charge in [-0.15, -0.1) is 0 Å². The van der Waals surface area contributed by atoms with Crippen LogP contribution in [0.15, 0.2) is 51.8 Å². The maximum atomic E-state index is 12.8. The summed E-state index contributed by atoms with van der Waals surface area (Å²) in [6.45, 7) is 3.63. The Morgan fingerprint density at radius 2 is 1.97 bits per heavy atom. The average molecular weight is 519 g/mol. The van der Waals surface area contributed by atoms with E-state index in [1.807, 2.05) is 19.9 Å². The third-order valence-electron chi connectivity index (χ3n) is 4.71. The number of ether oxygens (including phenoxy) is 2. The van der Waals surface area contributed by atoms with Gasteiger partial charge in [-0.05, 0) is 76.9 Å². The first-order chi connectivity index (χ1) is 15.3. The van der Waals surface area contributed by atoms with Crippen LogP contribution in [-0.4, -0.2) is 41.7 Å². The molecule has 1 aliphatic rings. The Labute approximate surface area is 199 Å². The third kappa shape index (κ3) is 5.72. The maximum absolute atomic E-state index is 12.8. The van der Waals surface area contributed by atoms with Crippen molar-refractivity contribution in [3.05, 3.63) is 57.4 Å². The number of hydrogen-bond donors (Lipinski definition) is 1. The number of amides is 3. The minimum atomic E-state index is -0.513. The highest BCUT2D eigenvalue weighted by Gasteiger charge is 2.36. The number of nitrogens with one attached hydrogen (secondary N) is 1. The first-order valence-electron chi connectivity index (χ1n) is 9.96. The van der Waals surface area contributed by atoms with Gasteiger partial charge in [-0.3, -0.25) is 19.3 Å². The van der Waals surface area contributed by atoms with Crippen molar-refractivity contribution in [2.24, 2.45) is 0 Å². The Kier molecular flexibility index (Phi) is 7.98. The molecule has 1 aliphatic heterocycles. The molecule has 0 unspecified atom stereocenters. The molecule has 9 heteroatoms. The minimum Gasteiger partial charge on any atom is -0.493 e. The standard InChI is InChI=1S/C23H23BrN2O5S/c1-4-14(2)31-18-10-9-15(11-19(18)30-3)12-20-22(28)26(23(29)32-20)13-21(27)25-17-8-6-5-7-16(17)24/h5-12,14H,4,13H2,1-3H3,(H,25,27)/b20-12-/t14-/m0/s1. The molecule has 0 saturated carbocycles. The van der Waals surface area contributed by atoms with Gasteiger partial charge < -0.3 is 14.8 Å². The fourth-order valence-electron chi connectivity index (χ4n) is 2.85. The van der Waals surface area contributed by atoms with Gasteiger partial charge in [0.1, 0.15) is 6.54 Å². The number of anilines is 1. The van der Waals surface area contributed by atoms with Crippen LogP contribution >= 0.6 is 27.7 Å². The topological polar surface area (TPSA) is 84.9 Å². The zero-order chi connectivity index (χ0) is 23.3. The van der Waals surface area contributed by atoms with Crippen molar-refractivity contribution in [3.8, 4) is 11.5 Å². The highest BCUT2D eigenvalue weighted by molar-refractivity contribution is 9.10. The number of imide groups is 1. The van der Waals surface area contributed by atoms with Crippen molar-refractivity contribution in [1.29, 1.82) is 0 Å². The molecule has 1 saturated heterocycles. The summed E-state index contributed by atoms with van der Waals surface area (Å²) in [7, 11) is 1.54. The molecule has 168 valence electrons. The number of benzene rings is 2. The Bertz CT molecular complexity index is 1070. The van der Waals surface area contributed by atoms with Crippen molar-refractivity contribution in [2.45, 2.75) is 26.4 Å². The van der Waals surface area contributed by atoms with Gasteiger partial charge in [0.2, 0.25) is 5.91 Å². The molecule has 0 bridgehead atoms. The number of rotatable bonds is 8. The molecule has 1 heterocycles. The van der Waals surface area contributed by atoms with E-state index in [0.29, 0.717) is 27.2 Å². The molecule has 0 aliphatic carbocycles. The smallest absolute Gasteiger partial charge is 0.294 e. The highest BCUT2D eigenvalue weighted by atomic mass is 79.9. The molecule has 7 nitrogen and oxygen atoms in total. The van der Waals surface area contributed by atoms with E-state index >= 15 is 0 Å². The number of nitrogens with zero attached hydrogens (tertiary/aromatic N) is 1. The van der Waals surface area contributed by atoms with Gasteiger partial charge >= 0.3 is 0 Å². The number of hydrogen-bond acceptors (Lipinski definition) is 6. The van der Waals surface area contributed by atoms with Gasteiger partial charge in [-0.2, -0.15) is 0 Å². The normalized spacial score (nSPS) is 15.8. The highest BCUT2D eigenvalue weighted by Crippen LogP contribution is 2.35. The van der Waals surface area contributed by atoms with Crippen molar-refractivity contribution in [2.75, 3.05) is 19.0 Å². The predicted molar refractivity (Wildman–Crippen MR) is 129 cm³/mol. The zero-order valence-electron chi connectivity index (χ0n) is 17.9. The number of methoxy groups -OCH3 is 1. The van der Waals surface area contributed by atoms with E-state index in [1.165, 1.54) is 0 Å². The second-order valence-corrected chi connectivity index (χ2v) is 8.89. The van der Waals surface area contributed by atoms with Crippen LogP contribution in [0.2, 0.25) is 0 Å². The summed E-state index contributed by atoms with van der Waals surface area (Å²) in [5, 5.41) is 2.20. The molecule has 0 aromatic heterocycles. The van der Waals surface area contributed by atoms with E-state index in [1.54, 1.807) is 49.6 Å². The summed E-state index contributed by atoms with van der Waals surface area (Å²) in [6.07, 6.45) is 2.49. The Morgan fingerprint density at radius 3 is 2.66 bits per heavy atom. The van der Waals surface area contributed by atoms with Crippen LogP contribution in [0.5, 0.6) is 11.5 Å². The molecule has 1 N–H and O–H groups in total. The second-order valence-electron chi connectivity index (χ2n) is 7.04. The number of carbonyl (C=O) groups excluding carboxylic acids is 3. The lowest BCUT2D eigenvalue weighted by Crippen LogP contribution is -2.36. The zero-order valence-corrected chi connectivity index (χ0v) is 20.3. The lowest BCUT2D eigenvalue weighted by Gasteiger charge is -2.15. The minimum absolute atomic E-state index is 0.0360. The van der Waals surface area contributed by atoms with E-state index < -0.39 is 17.1 Å². The van der Waals surface area contributed by atoms with Crippen LogP contribution < -0.4 is 14.8 Å². The molecule has 32 heavy (non-hydrogen) atoms. The van der Waals surface area contributed by atoms with Crippen molar-refractivity contribution < 1.29 is 23.9 Å². The number of thioether (sulfide) groups is 1. The van der Waals surface area contributed by atoms with E-state index in [9.17, 15) is 14.4 Å². The summed E-state index contributed by atoms with van der Waals surface area (Å²) in [4.78, 5) is 38.7. The summed E-state index contributed by atoms with van der Waals surface area (Å²) in [6, 6.07) is 12.4. The molecule has 1 atom stereocenters. The van der Waals surface area contributed by atoms with Crippen molar-refractivity contribution in [3.63, 3.8) is 0 Å². The second kappa shape index (κ2) is 10.7. The quantitative estimate of drug-likeness (QED) is 0.476. The van der Waals surface area contributed by atoms with E-state index in [2.05, 4.69) is 21.2 Å². The molecular formula is C23H23BrN2O5S. The molecule has 2 aromatic rings. The van der Waals surface area contributed by atoms with Crippen LogP contribution in [0.25, 0.3) is 6.08 Å². The summed E-state index contributed by atoms with van der Waals surface area (Å²) in [5.41, 5.74) is 1.24. The van der Waals surface area contributed by atoms with Gasteiger partial charge in [0.15, 0.2) is 11.5 Å². The Hall–Kier alpha value is -2.78. The lowest BCUT2D eigenvalue weighted by atomic mass is 10.1. The fourth-order valence-corrected chi connectivity index (χ4v) is 4.08. The molecule has 3 amide bonds. The van der Waals surface area contributed by atoms with Crippen LogP contribution in [0, 0.1) is 0 Å². The first-order valence-corrected chi connectivity index (χ1v) is 11.6. The van der Waals surface area contributed by atoms with Crippen LogP contribution in [-0.2, 0) is 9.59 Å². The van der Waals surface area contributed by atoms with Crippen LogP contribution in [0.1, 0.15) is 25.8 Å². The summed E-state index contributed by atoms with van der Waals surface area (Å²) >= 11 is 4.14. The summed E-state index contributed by atoms with van der Waals surface area (Å²) < 4.78 is 11.9. The molecule has 1 fully saturated rings. The maximum Gasteiger partial charge on any atom is 0.294 e. The van der Waals surface area contributed by atoms with Gasteiger partial charge in [-0.1, -0.05) is 25.1 Å². The number of halogens is 1. The number of para-hydroxylation sites is 1. The third-order valence-corrected chi connectivity index (χ3v) is 6.31. The van der Waals surface area contributed by atoms with E-state index in [-0.39, 0.29) is 17.6 Å². The molecule has 3 rings (SSSR count). The lowest BCUT2D eigenvalue weighted by molar-refractivity contribution is -0.127. The molecule has 2 aromatic carbocycles. The monoisotopic (exact) mass is 518 g/mol. The molecule has 0 spiro atoms. The fraction of sp³-hybridized carbons (Fsp3) is 0.261. The van der Waals surface area contributed by atoms with Gasteiger partial charge in [0.25, 0.3) is 11.1 Å². The van der Waals surface area contributed by atoms with E-state index in [0.717, 1.165) is 23.1 Å². The number of carbonyl (C=O) groups is 3. The van der Waals surface area contributed by atoms with Gasteiger partial charge in [0.05, 0.1) is 23.8 Å². The Balaban J connectivity index is 1.72. The van der Waals surface area contributed by atoms with Gasteiger partial charge in [-0.25, -0.2) is 0 Å². The van der Waals surface area contributed by atoms with Crippen LogP contribution in [0.3, 0.4) is 0 Å². The summed E-state index contributed by atoms with van der Waals surface area (Å²) in [5.74, 6) is 0.164. The molecule has 0 radical (unpaired) electrons. The SMILES string of the molecule is CC[C@H](C)Oc1ccc(/C=C2\SC(=O)N(CC(=O)Nc3ccccc3Br)C2=O)cc1OC. The van der Waals surface area contributed by atoms with Crippen LogP contribution in [0.4, 0.5) is 10.5 Å². The average Bonchev–Trinajstić information content (AvgIpc) is 3.03. The van der Waals surface area contributed by atoms with E-state index in [4.69, 9.17) is 9.47 Å².